The second-order valence-corrected chi connectivity index (χ2v) is 7.66. The largest absolute Gasteiger partial charge is 0.451 e. The van der Waals surface area contributed by atoms with E-state index in [1.54, 1.807) is 11.8 Å². The molecular formula is C16H16BrNO3S2. The Morgan fingerprint density at radius 1 is 1.26 bits per heavy atom. The first-order valence-electron chi connectivity index (χ1n) is 6.92. The monoisotopic (exact) mass is 413 g/mol. The van der Waals surface area contributed by atoms with E-state index in [1.165, 1.54) is 11.3 Å². The number of rotatable bonds is 7. The lowest BCUT2D eigenvalue weighted by Gasteiger charge is -2.06. The number of esters is 1. The summed E-state index contributed by atoms with van der Waals surface area (Å²) in [5.41, 5.74) is 0.867. The van der Waals surface area contributed by atoms with Gasteiger partial charge in [-0.1, -0.05) is 15.9 Å². The molecule has 0 saturated heterocycles. The summed E-state index contributed by atoms with van der Waals surface area (Å²) in [6.07, 6.45) is 0. The number of carbonyl (C=O) groups excluding carboxylic acids is 2. The Balaban J connectivity index is 1.62. The van der Waals surface area contributed by atoms with E-state index in [0.717, 1.165) is 20.7 Å². The van der Waals surface area contributed by atoms with Crippen LogP contribution in [0.25, 0.3) is 0 Å². The van der Waals surface area contributed by atoms with Crippen LogP contribution in [0.2, 0.25) is 0 Å². The summed E-state index contributed by atoms with van der Waals surface area (Å²) in [6, 6.07) is 9.84. The fraction of sp³-hybridized carbons (Fsp3) is 0.250. The SMILES string of the molecule is Cc1ccsc1C(=O)OCC(=O)NCCSc1ccc(Br)cc1. The minimum atomic E-state index is -0.447. The summed E-state index contributed by atoms with van der Waals surface area (Å²) < 4.78 is 6.04. The highest BCUT2D eigenvalue weighted by atomic mass is 79.9. The predicted octanol–water partition coefficient (Wildman–Crippen LogP) is 3.88. The summed E-state index contributed by atoms with van der Waals surface area (Å²) in [4.78, 5) is 25.1. The summed E-state index contributed by atoms with van der Waals surface area (Å²) in [5.74, 6) is 0.0200. The van der Waals surface area contributed by atoms with E-state index < -0.39 is 5.97 Å². The number of halogens is 1. The zero-order valence-electron chi connectivity index (χ0n) is 12.5. The normalized spacial score (nSPS) is 10.3. The van der Waals surface area contributed by atoms with Gasteiger partial charge in [0.1, 0.15) is 4.88 Å². The molecule has 1 aromatic heterocycles. The zero-order valence-corrected chi connectivity index (χ0v) is 15.7. The van der Waals surface area contributed by atoms with Crippen molar-refractivity contribution >= 4 is 50.9 Å². The molecular weight excluding hydrogens is 398 g/mol. The number of amides is 1. The molecule has 0 aliphatic heterocycles. The fourth-order valence-corrected chi connectivity index (χ4v) is 3.57. The number of thioether (sulfide) groups is 1. The van der Waals surface area contributed by atoms with Gasteiger partial charge in [-0.3, -0.25) is 4.79 Å². The minimum absolute atomic E-state index is 0.251. The number of hydrogen-bond donors (Lipinski definition) is 1. The van der Waals surface area contributed by atoms with Gasteiger partial charge in [0.2, 0.25) is 0 Å². The molecule has 0 saturated carbocycles. The molecule has 122 valence electrons. The van der Waals surface area contributed by atoms with E-state index in [1.807, 2.05) is 42.6 Å². The highest BCUT2D eigenvalue weighted by molar-refractivity contribution is 9.10. The van der Waals surface area contributed by atoms with Gasteiger partial charge in [0.05, 0.1) is 0 Å². The second-order valence-electron chi connectivity index (χ2n) is 4.66. The average molecular weight is 414 g/mol. The van der Waals surface area contributed by atoms with Gasteiger partial charge in [0.15, 0.2) is 6.61 Å². The van der Waals surface area contributed by atoms with E-state index in [4.69, 9.17) is 4.74 Å². The molecule has 0 fully saturated rings. The van der Waals surface area contributed by atoms with Crippen molar-refractivity contribution in [1.82, 2.24) is 5.32 Å². The summed E-state index contributed by atoms with van der Waals surface area (Å²) >= 11 is 6.36. The second kappa shape index (κ2) is 9.10. The van der Waals surface area contributed by atoms with Crippen molar-refractivity contribution in [2.45, 2.75) is 11.8 Å². The van der Waals surface area contributed by atoms with Gasteiger partial charge in [-0.25, -0.2) is 4.79 Å². The van der Waals surface area contributed by atoms with Crippen LogP contribution in [0.15, 0.2) is 45.1 Å². The zero-order chi connectivity index (χ0) is 16.7. The first-order valence-corrected chi connectivity index (χ1v) is 9.58. The van der Waals surface area contributed by atoms with Crippen LogP contribution in [0.5, 0.6) is 0 Å². The molecule has 7 heteroatoms. The number of carbonyl (C=O) groups is 2. The molecule has 1 N–H and O–H groups in total. The number of benzene rings is 1. The van der Waals surface area contributed by atoms with Crippen LogP contribution in [0.1, 0.15) is 15.2 Å². The molecule has 0 radical (unpaired) electrons. The van der Waals surface area contributed by atoms with Crippen molar-refractivity contribution in [2.24, 2.45) is 0 Å². The van der Waals surface area contributed by atoms with Crippen LogP contribution < -0.4 is 5.32 Å². The Bertz CT molecular complexity index is 670. The Labute approximate surface area is 151 Å². The predicted molar refractivity (Wildman–Crippen MR) is 97.2 cm³/mol. The third-order valence-electron chi connectivity index (χ3n) is 2.89. The third kappa shape index (κ3) is 6.01. The van der Waals surface area contributed by atoms with Gasteiger partial charge >= 0.3 is 5.97 Å². The van der Waals surface area contributed by atoms with E-state index in [9.17, 15) is 9.59 Å². The van der Waals surface area contributed by atoms with E-state index >= 15 is 0 Å². The van der Waals surface area contributed by atoms with Gasteiger partial charge in [-0.2, -0.15) is 0 Å². The highest BCUT2D eigenvalue weighted by Gasteiger charge is 2.13. The highest BCUT2D eigenvalue weighted by Crippen LogP contribution is 2.20. The summed E-state index contributed by atoms with van der Waals surface area (Å²) in [6.45, 7) is 2.11. The lowest BCUT2D eigenvalue weighted by atomic mass is 10.3. The Hall–Kier alpha value is -1.31. The minimum Gasteiger partial charge on any atom is -0.451 e. The molecule has 23 heavy (non-hydrogen) atoms. The molecule has 0 aliphatic rings. The standard InChI is InChI=1S/C16H16BrNO3S2/c1-11-6-8-23-15(11)16(20)21-10-14(19)18-7-9-22-13-4-2-12(17)3-5-13/h2-6,8H,7,9-10H2,1H3,(H,18,19). The number of hydrogen-bond acceptors (Lipinski definition) is 5. The molecule has 0 bridgehead atoms. The number of ether oxygens (including phenoxy) is 1. The van der Waals surface area contributed by atoms with Gasteiger partial charge in [-0.05, 0) is 48.2 Å². The van der Waals surface area contributed by atoms with Gasteiger partial charge in [0.25, 0.3) is 5.91 Å². The number of nitrogens with one attached hydrogen (secondary N) is 1. The van der Waals surface area contributed by atoms with Gasteiger partial charge < -0.3 is 10.1 Å². The molecule has 0 spiro atoms. The molecule has 2 rings (SSSR count). The number of thiophene rings is 1. The smallest absolute Gasteiger partial charge is 0.349 e. The molecule has 1 amide bonds. The summed E-state index contributed by atoms with van der Waals surface area (Å²) in [5, 5.41) is 4.56. The van der Waals surface area contributed by atoms with E-state index in [-0.39, 0.29) is 12.5 Å². The first-order chi connectivity index (χ1) is 11.1. The van der Waals surface area contributed by atoms with E-state index in [2.05, 4.69) is 21.2 Å². The average Bonchev–Trinajstić information content (AvgIpc) is 2.97. The van der Waals surface area contributed by atoms with E-state index in [0.29, 0.717) is 11.4 Å². The number of aryl methyl sites for hydroxylation is 1. The maximum absolute atomic E-state index is 11.8. The first kappa shape index (κ1) is 18.0. The molecule has 4 nitrogen and oxygen atoms in total. The lowest BCUT2D eigenvalue weighted by molar-refractivity contribution is -0.124. The molecule has 0 aliphatic carbocycles. The Morgan fingerprint density at radius 2 is 2.00 bits per heavy atom. The lowest BCUT2D eigenvalue weighted by Crippen LogP contribution is -2.30. The van der Waals surface area contributed by atoms with Crippen molar-refractivity contribution in [1.29, 1.82) is 0 Å². The molecule has 1 heterocycles. The van der Waals surface area contributed by atoms with Crippen LogP contribution >= 0.6 is 39.0 Å². The van der Waals surface area contributed by atoms with Crippen molar-refractivity contribution in [3.05, 3.63) is 50.6 Å². The van der Waals surface area contributed by atoms with Crippen molar-refractivity contribution in [3.63, 3.8) is 0 Å². The van der Waals surface area contributed by atoms with Crippen LogP contribution in [0, 0.1) is 6.92 Å². The van der Waals surface area contributed by atoms with Crippen molar-refractivity contribution in [3.8, 4) is 0 Å². The third-order valence-corrected chi connectivity index (χ3v) is 5.43. The van der Waals surface area contributed by atoms with Crippen LogP contribution in [-0.2, 0) is 9.53 Å². The van der Waals surface area contributed by atoms with Crippen molar-refractivity contribution in [2.75, 3.05) is 18.9 Å². The Kier molecular flexibility index (Phi) is 7.14. The van der Waals surface area contributed by atoms with Crippen LogP contribution in [0.4, 0.5) is 0 Å². The van der Waals surface area contributed by atoms with Gasteiger partial charge in [-0.15, -0.1) is 23.1 Å². The quantitative estimate of drug-likeness (QED) is 0.425. The van der Waals surface area contributed by atoms with Crippen LogP contribution in [-0.4, -0.2) is 30.8 Å². The molecule has 0 unspecified atom stereocenters. The summed E-state index contributed by atoms with van der Waals surface area (Å²) in [7, 11) is 0. The maximum Gasteiger partial charge on any atom is 0.349 e. The molecule has 1 aromatic carbocycles. The van der Waals surface area contributed by atoms with Gasteiger partial charge in [0, 0.05) is 21.7 Å². The maximum atomic E-state index is 11.8. The topological polar surface area (TPSA) is 55.4 Å². The van der Waals surface area contributed by atoms with Crippen molar-refractivity contribution < 1.29 is 14.3 Å². The van der Waals surface area contributed by atoms with Crippen LogP contribution in [0.3, 0.4) is 0 Å². The molecule has 2 aromatic rings. The molecule has 0 atom stereocenters. The fourth-order valence-electron chi connectivity index (χ4n) is 1.72. The Morgan fingerprint density at radius 3 is 2.65 bits per heavy atom.